The molecule has 0 atom stereocenters. The van der Waals surface area contributed by atoms with E-state index in [2.05, 4.69) is 71.0 Å². The second-order valence-corrected chi connectivity index (χ2v) is 8.83. The molecule has 0 fully saturated rings. The van der Waals surface area contributed by atoms with Crippen LogP contribution in [0, 0.1) is 0 Å². The lowest BCUT2D eigenvalue weighted by molar-refractivity contribution is 1.36. The Bertz CT molecular complexity index is 1450. The van der Waals surface area contributed by atoms with E-state index >= 15 is 0 Å². The molecule has 0 spiro atoms. The van der Waals surface area contributed by atoms with Crippen LogP contribution in [0.4, 0.5) is 0 Å². The van der Waals surface area contributed by atoms with Crippen molar-refractivity contribution >= 4 is 53.7 Å². The van der Waals surface area contributed by atoms with Crippen LogP contribution in [0.5, 0.6) is 0 Å². The molecule has 0 saturated carbocycles. The van der Waals surface area contributed by atoms with E-state index in [1.165, 1.54) is 30.6 Å². The van der Waals surface area contributed by atoms with Crippen LogP contribution in [-0.4, -0.2) is 9.97 Å². The first-order valence-corrected chi connectivity index (χ1v) is 10.8. The molecule has 0 aliphatic carbocycles. The minimum absolute atomic E-state index is 0.989. The van der Waals surface area contributed by atoms with Crippen LogP contribution in [0.15, 0.2) is 84.5 Å². The topological polar surface area (TPSA) is 25.8 Å². The predicted octanol–water partition coefficient (Wildman–Crippen LogP) is 7.39. The summed E-state index contributed by atoms with van der Waals surface area (Å²) in [4.78, 5) is 10.4. The van der Waals surface area contributed by atoms with E-state index in [4.69, 9.17) is 4.98 Å². The van der Waals surface area contributed by atoms with E-state index in [9.17, 15) is 0 Å². The SMILES string of the molecule is c1cc2ccc(-c3ccc4cc(-c5cc6sccc6s5)ccc4n3)cc2cn1. The van der Waals surface area contributed by atoms with Crippen LogP contribution in [0.1, 0.15) is 0 Å². The zero-order valence-electron chi connectivity index (χ0n) is 14.8. The zero-order valence-corrected chi connectivity index (χ0v) is 16.4. The summed E-state index contributed by atoms with van der Waals surface area (Å²) < 4.78 is 2.72. The fourth-order valence-corrected chi connectivity index (χ4v) is 5.70. The van der Waals surface area contributed by atoms with E-state index in [0.29, 0.717) is 0 Å². The zero-order chi connectivity index (χ0) is 18.5. The third-order valence-corrected chi connectivity index (χ3v) is 7.19. The minimum atomic E-state index is 0.989. The van der Waals surface area contributed by atoms with Gasteiger partial charge in [0.1, 0.15) is 0 Å². The summed E-state index contributed by atoms with van der Waals surface area (Å²) in [5.74, 6) is 0. The Labute approximate surface area is 169 Å². The number of fused-ring (bicyclic) bond motifs is 3. The highest BCUT2D eigenvalue weighted by Crippen LogP contribution is 2.37. The van der Waals surface area contributed by atoms with Gasteiger partial charge in [-0.2, -0.15) is 0 Å². The summed E-state index contributed by atoms with van der Waals surface area (Å²) in [5, 5.41) is 5.65. The van der Waals surface area contributed by atoms with Crippen molar-refractivity contribution in [1.29, 1.82) is 0 Å². The van der Waals surface area contributed by atoms with Crippen LogP contribution in [0.3, 0.4) is 0 Å². The van der Waals surface area contributed by atoms with Gasteiger partial charge in [0.2, 0.25) is 0 Å². The lowest BCUT2D eigenvalue weighted by Crippen LogP contribution is -1.86. The maximum Gasteiger partial charge on any atom is 0.0709 e. The number of pyridine rings is 2. The molecule has 0 bridgehead atoms. The van der Waals surface area contributed by atoms with E-state index in [1.807, 2.05) is 29.8 Å². The second kappa shape index (κ2) is 6.23. The second-order valence-electron chi connectivity index (χ2n) is 6.80. The lowest BCUT2D eigenvalue weighted by atomic mass is 10.0. The number of hydrogen-bond donors (Lipinski definition) is 0. The molecule has 4 heterocycles. The van der Waals surface area contributed by atoms with Crippen molar-refractivity contribution in [3.63, 3.8) is 0 Å². The first-order chi connectivity index (χ1) is 13.8. The maximum absolute atomic E-state index is 4.90. The Morgan fingerprint density at radius 3 is 2.54 bits per heavy atom. The molecular weight excluding hydrogens is 380 g/mol. The van der Waals surface area contributed by atoms with Crippen molar-refractivity contribution in [3.8, 4) is 21.7 Å². The van der Waals surface area contributed by atoms with Gasteiger partial charge in [0.15, 0.2) is 0 Å². The average Bonchev–Trinajstić information content (AvgIpc) is 3.35. The van der Waals surface area contributed by atoms with E-state index in [-0.39, 0.29) is 0 Å². The van der Waals surface area contributed by atoms with E-state index in [0.717, 1.165) is 22.2 Å². The molecule has 0 saturated heterocycles. The predicted molar refractivity (Wildman–Crippen MR) is 121 cm³/mol. The average molecular weight is 395 g/mol. The largest absolute Gasteiger partial charge is 0.264 e. The fourth-order valence-electron chi connectivity index (χ4n) is 3.59. The number of benzene rings is 2. The third-order valence-electron chi connectivity index (χ3n) is 5.05. The van der Waals surface area contributed by atoms with Crippen LogP contribution in [0.2, 0.25) is 0 Å². The van der Waals surface area contributed by atoms with Gasteiger partial charge in [-0.3, -0.25) is 4.98 Å². The van der Waals surface area contributed by atoms with Crippen molar-refractivity contribution in [2.24, 2.45) is 0 Å². The molecule has 132 valence electrons. The van der Waals surface area contributed by atoms with Crippen LogP contribution >= 0.6 is 22.7 Å². The molecule has 2 nitrogen and oxygen atoms in total. The van der Waals surface area contributed by atoms with Crippen molar-refractivity contribution in [3.05, 3.63) is 84.5 Å². The highest BCUT2D eigenvalue weighted by atomic mass is 32.1. The number of nitrogens with zero attached hydrogens (tertiary/aromatic N) is 2. The standard InChI is InChI=1S/C24H14N2S2/c1-2-16(12-19-14-25-9-7-15(1)19)20-5-3-17-11-18(4-6-21(17)26-20)23-13-24-22(28-23)8-10-27-24/h1-14H. The van der Waals surface area contributed by atoms with Crippen LogP contribution in [-0.2, 0) is 0 Å². The molecule has 0 unspecified atom stereocenters. The molecule has 2 aromatic carbocycles. The van der Waals surface area contributed by atoms with Crippen LogP contribution in [0.25, 0.3) is 52.8 Å². The Kier molecular flexibility index (Phi) is 3.54. The van der Waals surface area contributed by atoms with Gasteiger partial charge in [-0.1, -0.05) is 24.3 Å². The smallest absolute Gasteiger partial charge is 0.0709 e. The first-order valence-electron chi connectivity index (χ1n) is 9.06. The molecular formula is C24H14N2S2. The Morgan fingerprint density at radius 1 is 0.679 bits per heavy atom. The monoisotopic (exact) mass is 394 g/mol. The Morgan fingerprint density at radius 2 is 1.57 bits per heavy atom. The van der Waals surface area contributed by atoms with Crippen LogP contribution < -0.4 is 0 Å². The molecule has 0 aliphatic heterocycles. The molecule has 0 radical (unpaired) electrons. The molecule has 0 aliphatic rings. The van der Waals surface area contributed by atoms with E-state index < -0.39 is 0 Å². The molecule has 4 aromatic heterocycles. The normalized spacial score (nSPS) is 11.6. The Balaban J connectivity index is 1.43. The summed E-state index contributed by atoms with van der Waals surface area (Å²) >= 11 is 3.65. The summed E-state index contributed by atoms with van der Waals surface area (Å²) in [5.41, 5.74) is 4.38. The summed E-state index contributed by atoms with van der Waals surface area (Å²) in [6, 6.07) is 23.8. The van der Waals surface area contributed by atoms with Gasteiger partial charge in [-0.05, 0) is 58.8 Å². The first kappa shape index (κ1) is 15.9. The quantitative estimate of drug-likeness (QED) is 0.306. The lowest BCUT2D eigenvalue weighted by Gasteiger charge is -2.06. The van der Waals surface area contributed by atoms with Crippen molar-refractivity contribution in [1.82, 2.24) is 9.97 Å². The number of hydrogen-bond acceptors (Lipinski definition) is 4. The van der Waals surface area contributed by atoms with Crippen molar-refractivity contribution in [2.75, 3.05) is 0 Å². The maximum atomic E-state index is 4.90. The van der Waals surface area contributed by atoms with Gasteiger partial charge >= 0.3 is 0 Å². The van der Waals surface area contributed by atoms with Gasteiger partial charge in [0.25, 0.3) is 0 Å². The van der Waals surface area contributed by atoms with Gasteiger partial charge < -0.3 is 0 Å². The Hall–Kier alpha value is -3.08. The molecule has 6 rings (SSSR count). The van der Waals surface area contributed by atoms with Gasteiger partial charge in [-0.15, -0.1) is 22.7 Å². The van der Waals surface area contributed by atoms with E-state index in [1.54, 1.807) is 11.3 Å². The molecule has 4 heteroatoms. The molecule has 28 heavy (non-hydrogen) atoms. The number of aromatic nitrogens is 2. The minimum Gasteiger partial charge on any atom is -0.264 e. The molecule has 0 N–H and O–H groups in total. The number of thiophene rings is 2. The summed E-state index contributed by atoms with van der Waals surface area (Å²) in [6.07, 6.45) is 3.73. The van der Waals surface area contributed by atoms with Gasteiger partial charge in [0.05, 0.1) is 11.2 Å². The third kappa shape index (κ3) is 2.61. The van der Waals surface area contributed by atoms with Gasteiger partial charge in [0, 0.05) is 43.0 Å². The fraction of sp³-hybridized carbons (Fsp3) is 0. The molecule has 6 aromatic rings. The number of rotatable bonds is 2. The highest BCUT2D eigenvalue weighted by molar-refractivity contribution is 7.28. The molecule has 0 amide bonds. The van der Waals surface area contributed by atoms with Crippen molar-refractivity contribution < 1.29 is 0 Å². The van der Waals surface area contributed by atoms with Crippen molar-refractivity contribution in [2.45, 2.75) is 0 Å². The van der Waals surface area contributed by atoms with Gasteiger partial charge in [-0.25, -0.2) is 4.98 Å². The summed E-state index contributed by atoms with van der Waals surface area (Å²) in [7, 11) is 0. The summed E-state index contributed by atoms with van der Waals surface area (Å²) in [6.45, 7) is 0. The highest BCUT2D eigenvalue weighted by Gasteiger charge is 2.08.